The van der Waals surface area contributed by atoms with Gasteiger partial charge in [0.25, 0.3) is 0 Å². The average Bonchev–Trinajstić information content (AvgIpc) is 2.26. The number of hydrogen-bond acceptors (Lipinski definition) is 2. The Labute approximate surface area is 97.7 Å². The Hall–Kier alpha value is -1.02. The number of anilines is 1. The van der Waals surface area contributed by atoms with Gasteiger partial charge in [-0.05, 0) is 29.0 Å². The topological polar surface area (TPSA) is 32.3 Å². The summed E-state index contributed by atoms with van der Waals surface area (Å²) in [5.74, 6) is 0.364. The Bertz CT molecular complexity index is 379. The van der Waals surface area contributed by atoms with E-state index in [9.17, 15) is 5.11 Å². The predicted molar refractivity (Wildman–Crippen MR) is 67.9 cm³/mol. The van der Waals surface area contributed by atoms with Crippen molar-refractivity contribution in [3.05, 3.63) is 29.3 Å². The highest BCUT2D eigenvalue weighted by Gasteiger charge is 2.20. The third-order valence-corrected chi connectivity index (χ3v) is 3.32. The number of hydrogen-bond donors (Lipinski definition) is 2. The molecule has 1 aromatic carbocycles. The van der Waals surface area contributed by atoms with Gasteiger partial charge in [-0.1, -0.05) is 32.9 Å². The number of aliphatic hydroxyl groups is 1. The quantitative estimate of drug-likeness (QED) is 0.761. The summed E-state index contributed by atoms with van der Waals surface area (Å²) < 4.78 is 0. The molecule has 2 nitrogen and oxygen atoms in total. The lowest BCUT2D eigenvalue weighted by molar-refractivity contribution is 0.230. The third kappa shape index (κ3) is 2.22. The first kappa shape index (κ1) is 11.5. The Kier molecular flexibility index (Phi) is 2.94. The summed E-state index contributed by atoms with van der Waals surface area (Å²) in [6.07, 6.45) is 0.989. The Balaban J connectivity index is 2.31. The molecule has 1 atom stereocenters. The van der Waals surface area contributed by atoms with Gasteiger partial charge in [0, 0.05) is 24.8 Å². The van der Waals surface area contributed by atoms with Gasteiger partial charge in [-0.15, -0.1) is 0 Å². The van der Waals surface area contributed by atoms with E-state index in [0.29, 0.717) is 5.92 Å². The summed E-state index contributed by atoms with van der Waals surface area (Å²) in [5.41, 5.74) is 4.14. The third-order valence-electron chi connectivity index (χ3n) is 3.32. The van der Waals surface area contributed by atoms with Crippen LogP contribution in [0, 0.1) is 5.92 Å². The molecule has 0 fully saturated rings. The minimum absolute atomic E-state index is 0.196. The van der Waals surface area contributed by atoms with E-state index >= 15 is 0 Å². The molecule has 0 aliphatic carbocycles. The molecule has 88 valence electrons. The van der Waals surface area contributed by atoms with Gasteiger partial charge in [-0.25, -0.2) is 0 Å². The van der Waals surface area contributed by atoms with E-state index in [-0.39, 0.29) is 12.0 Å². The lowest BCUT2D eigenvalue weighted by atomic mass is 9.84. The zero-order valence-corrected chi connectivity index (χ0v) is 10.4. The smallest absolute Gasteiger partial charge is 0.0479 e. The second-order valence-electron chi connectivity index (χ2n) is 5.76. The Morgan fingerprint density at radius 3 is 2.75 bits per heavy atom. The molecule has 16 heavy (non-hydrogen) atoms. The van der Waals surface area contributed by atoms with Crippen LogP contribution in [0.3, 0.4) is 0 Å². The van der Waals surface area contributed by atoms with Gasteiger partial charge in [-0.2, -0.15) is 0 Å². The van der Waals surface area contributed by atoms with Gasteiger partial charge in [0.05, 0.1) is 0 Å². The molecule has 0 bridgehead atoms. The summed E-state index contributed by atoms with van der Waals surface area (Å²) in [4.78, 5) is 0. The number of benzene rings is 1. The van der Waals surface area contributed by atoms with Gasteiger partial charge >= 0.3 is 0 Å². The van der Waals surface area contributed by atoms with Crippen LogP contribution in [-0.2, 0) is 11.8 Å². The summed E-state index contributed by atoms with van der Waals surface area (Å²) in [6.45, 7) is 7.85. The SMILES string of the molecule is CC(C)(C)c1ccc2c(c1)CC(CO)CN2. The minimum atomic E-state index is 0.196. The van der Waals surface area contributed by atoms with Crippen LogP contribution >= 0.6 is 0 Å². The van der Waals surface area contributed by atoms with Crippen molar-refractivity contribution in [3.8, 4) is 0 Å². The second-order valence-corrected chi connectivity index (χ2v) is 5.76. The molecule has 0 radical (unpaired) electrons. The summed E-state index contributed by atoms with van der Waals surface area (Å²) in [5, 5.41) is 12.6. The molecule has 1 aromatic rings. The predicted octanol–water partition coefficient (Wildman–Crippen LogP) is 2.56. The van der Waals surface area contributed by atoms with Gasteiger partial charge < -0.3 is 10.4 Å². The fraction of sp³-hybridized carbons (Fsp3) is 0.571. The molecule has 0 saturated carbocycles. The first-order chi connectivity index (χ1) is 7.50. The van der Waals surface area contributed by atoms with E-state index in [2.05, 4.69) is 44.3 Å². The lowest BCUT2D eigenvalue weighted by Gasteiger charge is -2.27. The van der Waals surface area contributed by atoms with Crippen molar-refractivity contribution in [3.63, 3.8) is 0 Å². The fourth-order valence-electron chi connectivity index (χ4n) is 2.17. The van der Waals surface area contributed by atoms with Crippen LogP contribution in [0.25, 0.3) is 0 Å². The molecular weight excluding hydrogens is 198 g/mol. The zero-order chi connectivity index (χ0) is 11.8. The maximum atomic E-state index is 9.21. The Morgan fingerprint density at radius 2 is 2.12 bits per heavy atom. The van der Waals surface area contributed by atoms with Crippen LogP contribution in [0.5, 0.6) is 0 Å². The molecule has 2 rings (SSSR count). The van der Waals surface area contributed by atoms with Gasteiger partial charge in [-0.3, -0.25) is 0 Å². The number of fused-ring (bicyclic) bond motifs is 1. The fourth-order valence-corrected chi connectivity index (χ4v) is 2.17. The highest BCUT2D eigenvalue weighted by Crippen LogP contribution is 2.30. The molecular formula is C14H21NO. The second kappa shape index (κ2) is 4.10. The van der Waals surface area contributed by atoms with E-state index in [1.165, 1.54) is 16.8 Å². The molecule has 0 aromatic heterocycles. The number of rotatable bonds is 1. The van der Waals surface area contributed by atoms with Crippen LogP contribution in [0.2, 0.25) is 0 Å². The van der Waals surface area contributed by atoms with Crippen LogP contribution < -0.4 is 5.32 Å². The molecule has 0 saturated heterocycles. The van der Waals surface area contributed by atoms with Crippen molar-refractivity contribution in [1.82, 2.24) is 0 Å². The first-order valence-electron chi connectivity index (χ1n) is 5.99. The first-order valence-corrected chi connectivity index (χ1v) is 5.99. The molecule has 1 aliphatic heterocycles. The van der Waals surface area contributed by atoms with Crippen molar-refractivity contribution in [1.29, 1.82) is 0 Å². The molecule has 0 spiro atoms. The van der Waals surface area contributed by atoms with Gasteiger partial charge in [0.1, 0.15) is 0 Å². The minimum Gasteiger partial charge on any atom is -0.396 e. The van der Waals surface area contributed by atoms with Crippen molar-refractivity contribution in [2.45, 2.75) is 32.6 Å². The van der Waals surface area contributed by atoms with Crippen molar-refractivity contribution in [2.75, 3.05) is 18.5 Å². The van der Waals surface area contributed by atoms with E-state index in [4.69, 9.17) is 0 Å². The summed E-state index contributed by atoms with van der Waals surface area (Å²) >= 11 is 0. The van der Waals surface area contributed by atoms with Crippen molar-refractivity contribution < 1.29 is 5.11 Å². The molecule has 2 heteroatoms. The standard InChI is InChI=1S/C14H21NO/c1-14(2,3)12-4-5-13-11(7-12)6-10(9-16)8-15-13/h4-5,7,10,15-16H,6,8-9H2,1-3H3. The normalized spacial score (nSPS) is 20.1. The lowest BCUT2D eigenvalue weighted by Crippen LogP contribution is -2.26. The maximum absolute atomic E-state index is 9.21. The Morgan fingerprint density at radius 1 is 1.38 bits per heavy atom. The molecule has 0 amide bonds. The van der Waals surface area contributed by atoms with Crippen LogP contribution in [0.4, 0.5) is 5.69 Å². The highest BCUT2D eigenvalue weighted by molar-refractivity contribution is 5.55. The number of nitrogens with one attached hydrogen (secondary N) is 1. The monoisotopic (exact) mass is 219 g/mol. The van der Waals surface area contributed by atoms with Crippen LogP contribution in [-0.4, -0.2) is 18.3 Å². The van der Waals surface area contributed by atoms with E-state index in [1.807, 2.05) is 0 Å². The molecule has 1 aliphatic rings. The van der Waals surface area contributed by atoms with Crippen LogP contribution in [0.1, 0.15) is 31.9 Å². The van der Waals surface area contributed by atoms with Crippen molar-refractivity contribution in [2.24, 2.45) is 5.92 Å². The highest BCUT2D eigenvalue weighted by atomic mass is 16.3. The van der Waals surface area contributed by atoms with Crippen LogP contribution in [0.15, 0.2) is 18.2 Å². The van der Waals surface area contributed by atoms with E-state index in [0.717, 1.165) is 13.0 Å². The van der Waals surface area contributed by atoms with Gasteiger partial charge in [0.15, 0.2) is 0 Å². The molecule has 1 unspecified atom stereocenters. The summed E-state index contributed by atoms with van der Waals surface area (Å²) in [7, 11) is 0. The van der Waals surface area contributed by atoms with Gasteiger partial charge in [0.2, 0.25) is 0 Å². The van der Waals surface area contributed by atoms with E-state index < -0.39 is 0 Å². The van der Waals surface area contributed by atoms with E-state index in [1.54, 1.807) is 0 Å². The number of aliphatic hydroxyl groups excluding tert-OH is 1. The average molecular weight is 219 g/mol. The largest absolute Gasteiger partial charge is 0.396 e. The van der Waals surface area contributed by atoms with Crippen molar-refractivity contribution >= 4 is 5.69 Å². The summed E-state index contributed by atoms with van der Waals surface area (Å²) in [6, 6.07) is 6.65. The maximum Gasteiger partial charge on any atom is 0.0479 e. The zero-order valence-electron chi connectivity index (χ0n) is 10.4. The molecule has 2 N–H and O–H groups in total. The molecule has 1 heterocycles.